The number of hydrogen-bond acceptors (Lipinski definition) is 4. The molecule has 152 valence electrons. The molecule has 0 amide bonds. The number of carbonyl (C=O) groups is 1. The average molecular weight is 433 g/mol. The maximum Gasteiger partial charge on any atom is 0.207 e. The Labute approximate surface area is 180 Å². The van der Waals surface area contributed by atoms with Crippen molar-refractivity contribution in [2.45, 2.75) is 45.0 Å². The van der Waals surface area contributed by atoms with Gasteiger partial charge in [0.15, 0.2) is 0 Å². The molecule has 1 fully saturated rings. The zero-order valence-corrected chi connectivity index (χ0v) is 17.6. The van der Waals surface area contributed by atoms with E-state index in [1.165, 1.54) is 6.26 Å². The van der Waals surface area contributed by atoms with Gasteiger partial charge in [-0.05, 0) is 49.6 Å². The van der Waals surface area contributed by atoms with E-state index in [0.29, 0.717) is 35.2 Å². The summed E-state index contributed by atoms with van der Waals surface area (Å²) >= 11 is 12.1. The zero-order chi connectivity index (χ0) is 20.4. The number of allylic oxidation sites excluding steroid dienone is 1. The number of fused-ring (bicyclic) bond motifs is 1. The summed E-state index contributed by atoms with van der Waals surface area (Å²) in [5.41, 5.74) is 2.03. The van der Waals surface area contributed by atoms with Crippen molar-refractivity contribution in [3.8, 4) is 5.75 Å². The van der Waals surface area contributed by atoms with E-state index in [0.717, 1.165) is 17.5 Å². The molecule has 2 aromatic rings. The second kappa shape index (κ2) is 8.78. The number of aryl methyl sites for hydroxylation is 1. The maximum absolute atomic E-state index is 12.8. The summed E-state index contributed by atoms with van der Waals surface area (Å²) in [7, 11) is 0. The van der Waals surface area contributed by atoms with Gasteiger partial charge in [-0.2, -0.15) is 0 Å². The third-order valence-electron chi connectivity index (χ3n) is 5.41. The molecule has 3 atom stereocenters. The smallest absolute Gasteiger partial charge is 0.207 e. The van der Waals surface area contributed by atoms with Crippen LogP contribution >= 0.6 is 23.2 Å². The van der Waals surface area contributed by atoms with Gasteiger partial charge in [0.1, 0.15) is 18.1 Å². The molecular weight excluding hydrogens is 411 g/mol. The van der Waals surface area contributed by atoms with Gasteiger partial charge in [0.25, 0.3) is 0 Å². The third kappa shape index (κ3) is 4.77. The minimum atomic E-state index is -0.195. The Morgan fingerprint density at radius 2 is 1.90 bits per heavy atom. The first-order chi connectivity index (χ1) is 14.0. The molecule has 2 aromatic carbocycles. The minimum absolute atomic E-state index is 0.000945. The van der Waals surface area contributed by atoms with Crippen molar-refractivity contribution < 1.29 is 19.0 Å². The summed E-state index contributed by atoms with van der Waals surface area (Å²) in [6.45, 7) is 2.41. The number of ketones is 1. The van der Waals surface area contributed by atoms with Crippen LogP contribution in [-0.4, -0.2) is 18.0 Å². The van der Waals surface area contributed by atoms with E-state index >= 15 is 0 Å². The lowest BCUT2D eigenvalue weighted by Crippen LogP contribution is -2.42. The topological polar surface area (TPSA) is 44.8 Å². The molecule has 2 aliphatic rings. The quantitative estimate of drug-likeness (QED) is 0.591. The highest BCUT2D eigenvalue weighted by molar-refractivity contribution is 6.35. The fraction of sp³-hybridized carbons (Fsp3) is 0.348. The monoisotopic (exact) mass is 432 g/mol. The van der Waals surface area contributed by atoms with Crippen LogP contribution in [0, 0.1) is 12.8 Å². The number of ether oxygens (including phenoxy) is 3. The SMILES string of the molecule is Cc1ccc(OC2=COC3CC(OCc4ccc(Cl)cc4Cl)CCC3C2=O)cc1. The first-order valence-corrected chi connectivity index (χ1v) is 10.4. The van der Waals surface area contributed by atoms with Crippen LogP contribution in [0.25, 0.3) is 0 Å². The maximum atomic E-state index is 12.8. The largest absolute Gasteiger partial charge is 0.493 e. The number of benzene rings is 2. The number of Topliss-reactive ketones (excluding diaryl/α,β-unsaturated/α-hetero) is 1. The van der Waals surface area contributed by atoms with Crippen molar-refractivity contribution in [3.05, 3.63) is 75.7 Å². The Morgan fingerprint density at radius 1 is 1.10 bits per heavy atom. The molecule has 1 aliphatic heterocycles. The molecular formula is C23H22Cl2O4. The lowest BCUT2D eigenvalue weighted by atomic mass is 9.80. The normalized spacial score (nSPS) is 23.8. The first kappa shape index (κ1) is 20.3. The summed E-state index contributed by atoms with van der Waals surface area (Å²) in [6.07, 6.45) is 3.43. The van der Waals surface area contributed by atoms with Gasteiger partial charge in [0.2, 0.25) is 11.5 Å². The molecule has 0 bridgehead atoms. The van der Waals surface area contributed by atoms with Gasteiger partial charge < -0.3 is 14.2 Å². The van der Waals surface area contributed by atoms with Gasteiger partial charge in [-0.25, -0.2) is 0 Å². The summed E-state index contributed by atoms with van der Waals surface area (Å²) in [4.78, 5) is 12.8. The highest BCUT2D eigenvalue weighted by Gasteiger charge is 2.41. The van der Waals surface area contributed by atoms with E-state index in [1.54, 1.807) is 12.1 Å². The van der Waals surface area contributed by atoms with Gasteiger partial charge in [-0.1, -0.05) is 47.0 Å². The predicted molar refractivity (Wildman–Crippen MR) is 112 cm³/mol. The standard InChI is InChI=1S/C23H22Cl2O4/c1-14-2-6-17(7-3-14)29-22-13-28-21-11-18(8-9-19(21)23(22)26)27-12-15-4-5-16(24)10-20(15)25/h2-7,10,13,18-19,21H,8-9,11-12H2,1H3. The van der Waals surface area contributed by atoms with Crippen molar-refractivity contribution in [2.24, 2.45) is 5.92 Å². The lowest BCUT2D eigenvalue weighted by Gasteiger charge is -2.37. The van der Waals surface area contributed by atoms with Gasteiger partial charge in [-0.15, -0.1) is 0 Å². The number of hydrogen-bond donors (Lipinski definition) is 0. The molecule has 29 heavy (non-hydrogen) atoms. The fourth-order valence-corrected chi connectivity index (χ4v) is 4.20. The van der Waals surface area contributed by atoms with Crippen LogP contribution in [0.4, 0.5) is 0 Å². The molecule has 1 aliphatic carbocycles. The average Bonchev–Trinajstić information content (AvgIpc) is 2.71. The van der Waals surface area contributed by atoms with Crippen molar-refractivity contribution in [1.29, 1.82) is 0 Å². The molecule has 0 spiro atoms. The number of carbonyl (C=O) groups excluding carboxylic acids is 1. The fourth-order valence-electron chi connectivity index (χ4n) is 3.74. The van der Waals surface area contributed by atoms with Crippen molar-refractivity contribution >= 4 is 29.0 Å². The van der Waals surface area contributed by atoms with Crippen LogP contribution in [0.2, 0.25) is 10.0 Å². The Balaban J connectivity index is 1.35. The molecule has 0 N–H and O–H groups in total. The Morgan fingerprint density at radius 3 is 2.66 bits per heavy atom. The lowest BCUT2D eigenvalue weighted by molar-refractivity contribution is -0.134. The van der Waals surface area contributed by atoms with E-state index in [-0.39, 0.29) is 29.7 Å². The molecule has 0 aromatic heterocycles. The van der Waals surface area contributed by atoms with E-state index in [2.05, 4.69) is 0 Å². The van der Waals surface area contributed by atoms with E-state index in [9.17, 15) is 4.79 Å². The molecule has 6 heteroatoms. The van der Waals surface area contributed by atoms with Crippen molar-refractivity contribution in [2.75, 3.05) is 0 Å². The van der Waals surface area contributed by atoms with Gasteiger partial charge in [0.05, 0.1) is 18.6 Å². The third-order valence-corrected chi connectivity index (χ3v) is 6.00. The van der Waals surface area contributed by atoms with Crippen LogP contribution in [0.5, 0.6) is 5.75 Å². The van der Waals surface area contributed by atoms with E-state index < -0.39 is 0 Å². The number of halogens is 2. The van der Waals surface area contributed by atoms with Crippen LogP contribution in [0.3, 0.4) is 0 Å². The summed E-state index contributed by atoms with van der Waals surface area (Å²) in [5.74, 6) is 0.706. The van der Waals surface area contributed by atoms with Crippen molar-refractivity contribution in [1.82, 2.24) is 0 Å². The minimum Gasteiger partial charge on any atom is -0.493 e. The van der Waals surface area contributed by atoms with Gasteiger partial charge in [-0.3, -0.25) is 4.79 Å². The zero-order valence-electron chi connectivity index (χ0n) is 16.1. The predicted octanol–water partition coefficient (Wildman–Crippen LogP) is 5.88. The van der Waals surface area contributed by atoms with E-state index in [4.69, 9.17) is 37.4 Å². The molecule has 0 radical (unpaired) electrons. The van der Waals surface area contributed by atoms with Crippen LogP contribution < -0.4 is 4.74 Å². The second-order valence-electron chi connectivity index (χ2n) is 7.52. The summed E-state index contributed by atoms with van der Waals surface area (Å²) in [5, 5.41) is 1.19. The van der Waals surface area contributed by atoms with Gasteiger partial charge >= 0.3 is 0 Å². The highest BCUT2D eigenvalue weighted by atomic mass is 35.5. The van der Waals surface area contributed by atoms with E-state index in [1.807, 2.05) is 37.3 Å². The highest BCUT2D eigenvalue weighted by Crippen LogP contribution is 2.35. The second-order valence-corrected chi connectivity index (χ2v) is 8.37. The molecule has 3 unspecified atom stereocenters. The Kier molecular flexibility index (Phi) is 6.14. The molecule has 4 nitrogen and oxygen atoms in total. The van der Waals surface area contributed by atoms with Gasteiger partial charge in [0, 0.05) is 16.5 Å². The number of rotatable bonds is 5. The van der Waals surface area contributed by atoms with Crippen LogP contribution in [0.1, 0.15) is 30.4 Å². The molecule has 1 heterocycles. The van der Waals surface area contributed by atoms with Crippen molar-refractivity contribution in [3.63, 3.8) is 0 Å². The van der Waals surface area contributed by atoms with Crippen LogP contribution in [0.15, 0.2) is 54.5 Å². The Hall–Kier alpha value is -2.01. The molecule has 0 saturated heterocycles. The van der Waals surface area contributed by atoms with Crippen LogP contribution in [-0.2, 0) is 20.9 Å². The first-order valence-electron chi connectivity index (χ1n) is 9.69. The Bertz CT molecular complexity index is 923. The molecule has 1 saturated carbocycles. The molecule has 4 rings (SSSR count). The summed E-state index contributed by atoms with van der Waals surface area (Å²) in [6, 6.07) is 13.0. The summed E-state index contributed by atoms with van der Waals surface area (Å²) < 4.78 is 17.6.